The molecule has 0 aromatic heterocycles. The zero-order valence-corrected chi connectivity index (χ0v) is 60.1. The van der Waals surface area contributed by atoms with E-state index in [4.69, 9.17) is 18.5 Å². The Morgan fingerprint density at radius 3 is 0.891 bits per heavy atom. The molecule has 9 nitrogen and oxygen atoms in total. The Bertz CT molecular complexity index is 2210. The Morgan fingerprint density at radius 1 is 0.337 bits per heavy atom. The first kappa shape index (κ1) is 87.1. The second-order valence-corrected chi connectivity index (χ2v) is 26.3. The van der Waals surface area contributed by atoms with Gasteiger partial charge in [-0.2, -0.15) is 0 Å². The van der Waals surface area contributed by atoms with Crippen LogP contribution in [0.4, 0.5) is 0 Å². The van der Waals surface area contributed by atoms with Gasteiger partial charge in [0.05, 0.1) is 27.7 Å². The lowest BCUT2D eigenvalue weighted by atomic mass is 10.0. The maximum atomic E-state index is 12.9. The van der Waals surface area contributed by atoms with Gasteiger partial charge in [0.2, 0.25) is 0 Å². The van der Waals surface area contributed by atoms with Gasteiger partial charge in [-0.25, -0.2) is 4.57 Å². The Hall–Kier alpha value is -4.89. The summed E-state index contributed by atoms with van der Waals surface area (Å²) in [5, 5.41) is 0. The van der Waals surface area contributed by atoms with E-state index in [-0.39, 0.29) is 32.0 Å². The fraction of sp³-hybridized carbons (Fsp3) is 0.610. The number of hydrogen-bond acceptors (Lipinski definition) is 7. The highest BCUT2D eigenvalue weighted by Gasteiger charge is 2.27. The number of hydrogen-bond donors (Lipinski definition) is 1. The normalized spacial score (nSPS) is 14.2. The van der Waals surface area contributed by atoms with E-state index in [1.54, 1.807) is 0 Å². The monoisotopic (exact) mass is 1290 g/mol. The summed E-state index contributed by atoms with van der Waals surface area (Å²) in [5.41, 5.74) is 0. The van der Waals surface area contributed by atoms with Gasteiger partial charge in [0.1, 0.15) is 19.8 Å². The van der Waals surface area contributed by atoms with Crippen molar-refractivity contribution >= 4 is 19.8 Å². The van der Waals surface area contributed by atoms with Crippen LogP contribution < -0.4 is 0 Å². The molecule has 0 heterocycles. The average Bonchev–Trinajstić information content (AvgIpc) is 2.14. The van der Waals surface area contributed by atoms with Crippen LogP contribution in [0.5, 0.6) is 0 Å². The number of quaternary nitrogens is 1. The van der Waals surface area contributed by atoms with Crippen molar-refractivity contribution in [3.8, 4) is 0 Å². The third-order valence-electron chi connectivity index (χ3n) is 14.9. The summed E-state index contributed by atoms with van der Waals surface area (Å²) in [6, 6.07) is 0. The second-order valence-electron chi connectivity index (χ2n) is 24.9. The molecule has 0 aliphatic heterocycles. The number of nitrogens with zero attached hydrogens (tertiary/aromatic N) is 1. The predicted molar refractivity (Wildman–Crippen MR) is 399 cm³/mol. The van der Waals surface area contributed by atoms with Crippen molar-refractivity contribution in [2.45, 2.75) is 277 Å². The summed E-state index contributed by atoms with van der Waals surface area (Å²) < 4.78 is 34.7. The largest absolute Gasteiger partial charge is 0.472 e. The summed E-state index contributed by atoms with van der Waals surface area (Å²) in [6.07, 6.45) is 109. The van der Waals surface area contributed by atoms with Gasteiger partial charge in [-0.05, 0) is 135 Å². The molecule has 0 fully saturated rings. The van der Waals surface area contributed by atoms with E-state index in [0.717, 1.165) is 128 Å². The first-order valence-electron chi connectivity index (χ1n) is 36.5. The van der Waals surface area contributed by atoms with Gasteiger partial charge in [-0.1, -0.05) is 305 Å². The molecule has 92 heavy (non-hydrogen) atoms. The highest BCUT2D eigenvalue weighted by atomic mass is 31.2. The number of carbonyl (C=O) groups is 2. The maximum absolute atomic E-state index is 12.9. The van der Waals surface area contributed by atoms with Crippen LogP contribution in [0.25, 0.3) is 0 Å². The summed E-state index contributed by atoms with van der Waals surface area (Å²) in [7, 11) is 1.43. The molecule has 10 heteroatoms. The highest BCUT2D eigenvalue weighted by Crippen LogP contribution is 2.43. The van der Waals surface area contributed by atoms with E-state index in [1.807, 2.05) is 21.1 Å². The van der Waals surface area contributed by atoms with Crippen LogP contribution in [0.2, 0.25) is 0 Å². The summed E-state index contributed by atoms with van der Waals surface area (Å²) in [5.74, 6) is -0.854. The van der Waals surface area contributed by atoms with Crippen LogP contribution >= 0.6 is 7.82 Å². The minimum Gasteiger partial charge on any atom is -0.462 e. The Balaban J connectivity index is 4.08. The minimum absolute atomic E-state index is 0.0149. The fourth-order valence-corrected chi connectivity index (χ4v) is 10.2. The third-order valence-corrected chi connectivity index (χ3v) is 15.9. The van der Waals surface area contributed by atoms with Crippen LogP contribution in [0.1, 0.15) is 271 Å². The lowest BCUT2D eigenvalue weighted by molar-refractivity contribution is -0.870. The number of rotatable bonds is 65. The summed E-state index contributed by atoms with van der Waals surface area (Å²) >= 11 is 0. The third kappa shape index (κ3) is 74.2. The van der Waals surface area contributed by atoms with Gasteiger partial charge < -0.3 is 18.9 Å². The van der Waals surface area contributed by atoms with Crippen molar-refractivity contribution in [2.24, 2.45) is 0 Å². The lowest BCUT2D eigenvalue weighted by Crippen LogP contribution is -2.37. The highest BCUT2D eigenvalue weighted by molar-refractivity contribution is 7.47. The second kappa shape index (κ2) is 70.4. The van der Waals surface area contributed by atoms with Crippen molar-refractivity contribution in [2.75, 3.05) is 47.5 Å². The van der Waals surface area contributed by atoms with Crippen molar-refractivity contribution in [3.63, 3.8) is 0 Å². The van der Waals surface area contributed by atoms with E-state index in [0.29, 0.717) is 17.4 Å². The molecule has 2 unspecified atom stereocenters. The number of unbranched alkanes of at least 4 members (excludes halogenated alkanes) is 21. The number of phosphoric ester groups is 1. The van der Waals surface area contributed by atoms with Gasteiger partial charge >= 0.3 is 19.8 Å². The van der Waals surface area contributed by atoms with E-state index >= 15 is 0 Å². The van der Waals surface area contributed by atoms with Gasteiger partial charge in [0.25, 0.3) is 0 Å². The molecular weight excluding hydrogens is 1160 g/mol. The number of likely N-dealkylation sites (N-methyl/N-ethyl adjacent to an activating group) is 1. The molecule has 0 saturated heterocycles. The standard InChI is InChI=1S/C82H134NO8P/c1-6-8-10-12-14-16-18-20-22-24-26-28-30-32-34-35-36-37-38-39-40-41-42-43-44-45-46-47-49-50-52-54-56-58-60-62-64-66-68-70-72-74-81(84)88-78-80(79-90-92(86,87)89-77-76-83(3,4)5)91-82(85)75-73-71-69-67-65-63-61-59-57-55-53-51-48-33-31-29-27-25-23-21-19-17-15-13-11-9-7-2/h8-11,14-17,20-23,26-29,32-34,36-37,39-40,48,53,55,59,61,65,67,80H,6-7,12-13,18-19,24-25,30-31,35,38,41-47,49-52,54,56-58,60,62-64,66,68-79H2,1-5H3/p+1/b10-8-,11-9-,16-14-,17-15-,22-20-,23-21-,28-26-,29-27-,34-32-,37-36-,40-39-,48-33-,55-53-,61-59-,67-65-. The molecular formula is C82H135NO8P+. The van der Waals surface area contributed by atoms with Crippen LogP contribution in [0.15, 0.2) is 182 Å². The first-order chi connectivity index (χ1) is 45.0. The van der Waals surface area contributed by atoms with Crippen LogP contribution in [0, 0.1) is 0 Å². The Morgan fingerprint density at radius 2 is 0.587 bits per heavy atom. The molecule has 0 aliphatic rings. The predicted octanol–water partition coefficient (Wildman–Crippen LogP) is 24.3. The molecule has 0 amide bonds. The molecule has 2 atom stereocenters. The molecule has 520 valence electrons. The zero-order chi connectivity index (χ0) is 66.9. The number of allylic oxidation sites excluding steroid dienone is 30. The van der Waals surface area contributed by atoms with E-state index in [9.17, 15) is 19.0 Å². The van der Waals surface area contributed by atoms with Crippen molar-refractivity contribution in [1.82, 2.24) is 0 Å². The first-order valence-corrected chi connectivity index (χ1v) is 38.0. The van der Waals surface area contributed by atoms with E-state index in [1.165, 1.54) is 109 Å². The van der Waals surface area contributed by atoms with E-state index in [2.05, 4.69) is 196 Å². The molecule has 0 saturated carbocycles. The molecule has 0 rings (SSSR count). The smallest absolute Gasteiger partial charge is 0.462 e. The molecule has 0 spiro atoms. The number of phosphoric acid groups is 1. The quantitative estimate of drug-likeness (QED) is 0.0211. The van der Waals surface area contributed by atoms with Gasteiger partial charge in [0.15, 0.2) is 6.10 Å². The molecule has 0 radical (unpaired) electrons. The number of carbonyl (C=O) groups excluding carboxylic acids is 2. The lowest BCUT2D eigenvalue weighted by Gasteiger charge is -2.24. The van der Waals surface area contributed by atoms with Crippen molar-refractivity contribution < 1.29 is 42.1 Å². The van der Waals surface area contributed by atoms with Crippen LogP contribution in [0.3, 0.4) is 0 Å². The molecule has 0 bridgehead atoms. The number of esters is 2. The fourth-order valence-electron chi connectivity index (χ4n) is 9.42. The summed E-state index contributed by atoms with van der Waals surface area (Å²) in [6.45, 7) is 4.15. The zero-order valence-electron chi connectivity index (χ0n) is 59.2. The maximum Gasteiger partial charge on any atom is 0.472 e. The molecule has 0 aromatic rings. The van der Waals surface area contributed by atoms with Crippen molar-refractivity contribution in [1.29, 1.82) is 0 Å². The molecule has 0 aliphatic carbocycles. The van der Waals surface area contributed by atoms with Crippen LogP contribution in [-0.4, -0.2) is 74.9 Å². The Kier molecular flexibility index (Phi) is 66.7. The molecule has 1 N–H and O–H groups in total. The van der Waals surface area contributed by atoms with E-state index < -0.39 is 26.5 Å². The van der Waals surface area contributed by atoms with Gasteiger partial charge in [-0.15, -0.1) is 0 Å². The minimum atomic E-state index is -4.42. The van der Waals surface area contributed by atoms with Crippen LogP contribution in [-0.2, 0) is 32.7 Å². The Labute approximate surface area is 565 Å². The number of ether oxygens (including phenoxy) is 2. The van der Waals surface area contributed by atoms with Gasteiger partial charge in [0, 0.05) is 12.8 Å². The SMILES string of the molecule is CC/C=C\C/C=C\C/C=C\C/C=C\C/C=C\C/C=C\C/C=C\C/C=C\CCCCC(=O)OC(COC(=O)CCCCCCCCCCCCCCCCCCCCC/C=C\C/C=C\C/C=C\C/C=C\C/C=C\C/C=C\C/C=C\CC)COP(=O)(O)OCC[N+](C)(C)C. The topological polar surface area (TPSA) is 108 Å². The van der Waals surface area contributed by atoms with Crippen molar-refractivity contribution in [3.05, 3.63) is 182 Å². The summed E-state index contributed by atoms with van der Waals surface area (Å²) in [4.78, 5) is 35.9. The average molecular weight is 1290 g/mol. The molecule has 0 aromatic carbocycles. The van der Waals surface area contributed by atoms with Gasteiger partial charge in [-0.3, -0.25) is 18.6 Å².